The molecule has 0 amide bonds. The summed E-state index contributed by atoms with van der Waals surface area (Å²) in [5.41, 5.74) is 2.54. The lowest BCUT2D eigenvalue weighted by molar-refractivity contribution is 0.118. The second-order valence-corrected chi connectivity index (χ2v) is 6.23. The molecule has 2 aromatic rings. The molecule has 0 saturated carbocycles. The Bertz CT molecular complexity index is 632. The monoisotopic (exact) mass is 303 g/mol. The molecule has 1 aliphatic rings. The fraction of sp³-hybridized carbons (Fsp3) is 0.688. The lowest BCUT2D eigenvalue weighted by atomic mass is 9.90. The molecule has 22 heavy (non-hydrogen) atoms. The van der Waals surface area contributed by atoms with Crippen molar-refractivity contribution in [2.45, 2.75) is 58.5 Å². The van der Waals surface area contributed by atoms with Gasteiger partial charge in [-0.05, 0) is 33.2 Å². The molecule has 3 rings (SSSR count). The summed E-state index contributed by atoms with van der Waals surface area (Å²) in [4.78, 5) is 2.51. The number of nitrogens with zero attached hydrogens (tertiary/aromatic N) is 5. The molecule has 0 aliphatic carbocycles. The maximum atomic E-state index is 5.80. The first-order valence-electron chi connectivity index (χ1n) is 8.14. The van der Waals surface area contributed by atoms with Crippen LogP contribution in [0.15, 0.2) is 10.6 Å². The Hall–Kier alpha value is -1.69. The van der Waals surface area contributed by atoms with Crippen LogP contribution >= 0.6 is 0 Å². The van der Waals surface area contributed by atoms with E-state index in [9.17, 15) is 0 Å². The Balaban J connectivity index is 1.74. The SMILES string of the molecule is CCc1nnc([C@H]2CCCN(Cc3cnn(C)c3C)[C@H]2C)o1. The standard InChI is InChI=1S/C16H25N5O/c1-5-15-18-19-16(22-15)14-7-6-8-21(12(14)3)10-13-9-17-20(4)11(13)2/h9,12,14H,5-8,10H2,1-4H3/t12-,14-/m0/s1. The van der Waals surface area contributed by atoms with Crippen molar-refractivity contribution in [2.75, 3.05) is 6.54 Å². The van der Waals surface area contributed by atoms with E-state index in [2.05, 4.69) is 34.0 Å². The Morgan fingerprint density at radius 1 is 1.36 bits per heavy atom. The molecule has 6 nitrogen and oxygen atoms in total. The summed E-state index contributed by atoms with van der Waals surface area (Å²) in [5.74, 6) is 1.87. The third-order valence-electron chi connectivity index (χ3n) is 4.93. The highest BCUT2D eigenvalue weighted by molar-refractivity contribution is 5.16. The van der Waals surface area contributed by atoms with Gasteiger partial charge in [-0.2, -0.15) is 5.10 Å². The van der Waals surface area contributed by atoms with Crippen molar-refractivity contribution in [1.29, 1.82) is 0 Å². The predicted molar refractivity (Wildman–Crippen MR) is 83.5 cm³/mol. The lowest BCUT2D eigenvalue weighted by Crippen LogP contribution is -2.41. The van der Waals surface area contributed by atoms with Crippen molar-refractivity contribution >= 4 is 0 Å². The van der Waals surface area contributed by atoms with Gasteiger partial charge in [0.2, 0.25) is 11.8 Å². The summed E-state index contributed by atoms with van der Waals surface area (Å²) >= 11 is 0. The fourth-order valence-electron chi connectivity index (χ4n) is 3.24. The molecule has 0 unspecified atom stereocenters. The molecule has 0 radical (unpaired) electrons. The number of likely N-dealkylation sites (tertiary alicyclic amines) is 1. The average Bonchev–Trinajstić information content (AvgIpc) is 3.11. The maximum absolute atomic E-state index is 5.80. The molecular formula is C16H25N5O. The Morgan fingerprint density at radius 2 is 2.18 bits per heavy atom. The first kappa shape index (κ1) is 15.2. The summed E-state index contributed by atoms with van der Waals surface area (Å²) in [7, 11) is 1.99. The highest BCUT2D eigenvalue weighted by atomic mass is 16.4. The van der Waals surface area contributed by atoms with Crippen LogP contribution in [-0.2, 0) is 20.0 Å². The van der Waals surface area contributed by atoms with Gasteiger partial charge >= 0.3 is 0 Å². The molecule has 1 saturated heterocycles. The van der Waals surface area contributed by atoms with Crippen LogP contribution in [0.4, 0.5) is 0 Å². The van der Waals surface area contributed by atoms with Gasteiger partial charge in [0.15, 0.2) is 0 Å². The minimum Gasteiger partial charge on any atom is -0.425 e. The number of piperidine rings is 1. The predicted octanol–water partition coefficient (Wildman–Crippen LogP) is 2.44. The van der Waals surface area contributed by atoms with Crippen molar-refractivity contribution in [3.8, 4) is 0 Å². The third-order valence-corrected chi connectivity index (χ3v) is 4.93. The third kappa shape index (κ3) is 2.79. The van der Waals surface area contributed by atoms with Crippen LogP contribution in [0.3, 0.4) is 0 Å². The normalized spacial score (nSPS) is 23.1. The summed E-state index contributed by atoms with van der Waals surface area (Å²) < 4.78 is 7.74. The van der Waals surface area contributed by atoms with Crippen molar-refractivity contribution in [2.24, 2.45) is 7.05 Å². The Labute approximate surface area is 131 Å². The van der Waals surface area contributed by atoms with Crippen LogP contribution in [0, 0.1) is 6.92 Å². The van der Waals surface area contributed by atoms with E-state index in [1.165, 1.54) is 11.3 Å². The van der Waals surface area contributed by atoms with E-state index in [4.69, 9.17) is 4.42 Å². The highest BCUT2D eigenvalue weighted by Crippen LogP contribution is 2.32. The zero-order chi connectivity index (χ0) is 15.7. The topological polar surface area (TPSA) is 60.0 Å². The molecule has 6 heteroatoms. The van der Waals surface area contributed by atoms with Gasteiger partial charge in [0, 0.05) is 37.3 Å². The van der Waals surface area contributed by atoms with E-state index < -0.39 is 0 Å². The van der Waals surface area contributed by atoms with Gasteiger partial charge in [-0.25, -0.2) is 0 Å². The maximum Gasteiger partial charge on any atom is 0.221 e. The number of rotatable bonds is 4. The lowest BCUT2D eigenvalue weighted by Gasteiger charge is -2.37. The van der Waals surface area contributed by atoms with E-state index in [0.29, 0.717) is 12.0 Å². The second-order valence-electron chi connectivity index (χ2n) is 6.23. The van der Waals surface area contributed by atoms with Crippen LogP contribution in [0.5, 0.6) is 0 Å². The molecule has 3 heterocycles. The van der Waals surface area contributed by atoms with Crippen LogP contribution in [0.2, 0.25) is 0 Å². The molecule has 2 aromatic heterocycles. The van der Waals surface area contributed by atoms with Gasteiger partial charge in [0.1, 0.15) is 0 Å². The molecular weight excluding hydrogens is 278 g/mol. The van der Waals surface area contributed by atoms with Crippen LogP contribution in [0.25, 0.3) is 0 Å². The molecule has 0 bridgehead atoms. The number of aryl methyl sites for hydroxylation is 2. The largest absolute Gasteiger partial charge is 0.425 e. The first-order valence-corrected chi connectivity index (χ1v) is 8.14. The molecule has 1 fully saturated rings. The van der Waals surface area contributed by atoms with E-state index >= 15 is 0 Å². The number of hydrogen-bond acceptors (Lipinski definition) is 5. The molecule has 1 aliphatic heterocycles. The number of aromatic nitrogens is 4. The summed E-state index contributed by atoms with van der Waals surface area (Å²) in [6.45, 7) is 8.48. The van der Waals surface area contributed by atoms with Gasteiger partial charge < -0.3 is 4.42 Å². The molecule has 0 N–H and O–H groups in total. The zero-order valence-corrected chi connectivity index (χ0v) is 13.9. The molecule has 120 valence electrons. The van der Waals surface area contributed by atoms with Gasteiger partial charge in [-0.1, -0.05) is 6.92 Å². The Kier molecular flexibility index (Phi) is 4.29. The minimum atomic E-state index is 0.332. The first-order chi connectivity index (χ1) is 10.6. The van der Waals surface area contributed by atoms with E-state index in [1.54, 1.807) is 0 Å². The van der Waals surface area contributed by atoms with Gasteiger partial charge in [0.05, 0.1) is 12.1 Å². The summed E-state index contributed by atoms with van der Waals surface area (Å²) in [5, 5.41) is 12.7. The van der Waals surface area contributed by atoms with Crippen molar-refractivity contribution in [3.63, 3.8) is 0 Å². The molecule has 2 atom stereocenters. The van der Waals surface area contributed by atoms with E-state index in [0.717, 1.165) is 44.1 Å². The average molecular weight is 303 g/mol. The van der Waals surface area contributed by atoms with E-state index in [-0.39, 0.29) is 0 Å². The fourth-order valence-corrected chi connectivity index (χ4v) is 3.24. The van der Waals surface area contributed by atoms with Gasteiger partial charge in [-0.15, -0.1) is 10.2 Å². The summed E-state index contributed by atoms with van der Waals surface area (Å²) in [6, 6.07) is 0.401. The zero-order valence-electron chi connectivity index (χ0n) is 13.9. The van der Waals surface area contributed by atoms with Crippen LogP contribution in [-0.4, -0.2) is 37.5 Å². The number of hydrogen-bond donors (Lipinski definition) is 0. The van der Waals surface area contributed by atoms with Crippen molar-refractivity contribution in [3.05, 3.63) is 29.2 Å². The smallest absolute Gasteiger partial charge is 0.221 e. The van der Waals surface area contributed by atoms with Gasteiger partial charge in [-0.3, -0.25) is 9.58 Å². The van der Waals surface area contributed by atoms with E-state index in [1.807, 2.05) is 24.9 Å². The minimum absolute atomic E-state index is 0.332. The second kappa shape index (κ2) is 6.20. The van der Waals surface area contributed by atoms with Gasteiger partial charge in [0.25, 0.3) is 0 Å². The van der Waals surface area contributed by atoms with Crippen LogP contribution in [0.1, 0.15) is 55.6 Å². The van der Waals surface area contributed by atoms with Crippen molar-refractivity contribution in [1.82, 2.24) is 24.9 Å². The Morgan fingerprint density at radius 3 is 2.82 bits per heavy atom. The molecule has 0 spiro atoms. The quantitative estimate of drug-likeness (QED) is 0.868. The summed E-state index contributed by atoms with van der Waals surface area (Å²) in [6.07, 6.45) is 5.06. The van der Waals surface area contributed by atoms with Crippen LogP contribution < -0.4 is 0 Å². The molecule has 0 aromatic carbocycles. The van der Waals surface area contributed by atoms with Crippen molar-refractivity contribution < 1.29 is 4.42 Å². The highest BCUT2D eigenvalue weighted by Gasteiger charge is 2.33.